The molecule has 3 nitrogen and oxygen atoms in total. The normalized spacial score (nSPS) is 11.8. The molecule has 8 heteroatoms. The van der Waals surface area contributed by atoms with E-state index in [9.17, 15) is 13.2 Å². The van der Waals surface area contributed by atoms with Gasteiger partial charge in [-0.05, 0) is 24.0 Å². The zero-order chi connectivity index (χ0) is 18.2. The maximum atomic E-state index is 10.7. The summed E-state index contributed by atoms with van der Waals surface area (Å²) in [4.78, 5) is 0. The Kier molecular flexibility index (Phi) is 7.78. The third kappa shape index (κ3) is 7.85. The van der Waals surface area contributed by atoms with Crippen LogP contribution in [0.1, 0.15) is 11.1 Å². The van der Waals surface area contributed by atoms with E-state index in [-0.39, 0.29) is 0 Å². The van der Waals surface area contributed by atoms with E-state index in [4.69, 9.17) is 13.0 Å². The fraction of sp³-hybridized carbons (Fsp3) is 0.250. The molecule has 2 aromatic carbocycles. The second-order valence-electron chi connectivity index (χ2n) is 4.95. The third-order valence-corrected chi connectivity index (χ3v) is 3.87. The molecule has 0 saturated carbocycles. The molecule has 0 heterocycles. The molecular formula is C16H17F3O3S2. The standard InChI is InChI=1S/C15H16S.CHF3O3S/c16-15(11-13-7-3-1-4-8-13)12-14-9-5-2-6-10-14;2-1(3,4)8(5,6)7/h1-10,15-16H,11-12H2;(H,5,6,7). The van der Waals surface area contributed by atoms with Crippen molar-refractivity contribution in [3.63, 3.8) is 0 Å². The van der Waals surface area contributed by atoms with E-state index < -0.39 is 15.6 Å². The molecule has 132 valence electrons. The van der Waals surface area contributed by atoms with Crippen LogP contribution in [0.25, 0.3) is 0 Å². The van der Waals surface area contributed by atoms with E-state index in [1.165, 1.54) is 11.1 Å². The lowest BCUT2D eigenvalue weighted by molar-refractivity contribution is -0.0510. The Morgan fingerprint density at radius 3 is 1.42 bits per heavy atom. The van der Waals surface area contributed by atoms with Crippen LogP contribution in [0.4, 0.5) is 13.2 Å². The maximum Gasteiger partial charge on any atom is 0.522 e. The van der Waals surface area contributed by atoms with Gasteiger partial charge in [0.05, 0.1) is 0 Å². The monoisotopic (exact) mass is 378 g/mol. The van der Waals surface area contributed by atoms with Gasteiger partial charge in [0.2, 0.25) is 0 Å². The van der Waals surface area contributed by atoms with Crippen molar-refractivity contribution in [1.82, 2.24) is 0 Å². The van der Waals surface area contributed by atoms with Gasteiger partial charge in [-0.1, -0.05) is 60.7 Å². The van der Waals surface area contributed by atoms with Crippen molar-refractivity contribution >= 4 is 22.7 Å². The van der Waals surface area contributed by atoms with Crippen LogP contribution >= 0.6 is 12.6 Å². The van der Waals surface area contributed by atoms with Crippen LogP contribution in [0, 0.1) is 0 Å². The summed E-state index contributed by atoms with van der Waals surface area (Å²) in [5.41, 5.74) is -2.82. The minimum absolute atomic E-state index is 0.393. The van der Waals surface area contributed by atoms with E-state index in [2.05, 4.69) is 61.2 Å². The molecule has 0 aliphatic heterocycles. The van der Waals surface area contributed by atoms with Gasteiger partial charge >= 0.3 is 15.6 Å². The lowest BCUT2D eigenvalue weighted by atomic mass is 10.0. The van der Waals surface area contributed by atoms with Crippen molar-refractivity contribution in [3.05, 3.63) is 71.8 Å². The Morgan fingerprint density at radius 2 is 1.17 bits per heavy atom. The molecule has 0 fully saturated rings. The summed E-state index contributed by atoms with van der Waals surface area (Å²) in [5.74, 6) is 0. The van der Waals surface area contributed by atoms with Gasteiger partial charge < -0.3 is 0 Å². The number of hydrogen-bond donors (Lipinski definition) is 2. The quantitative estimate of drug-likeness (QED) is 0.477. The zero-order valence-electron chi connectivity index (χ0n) is 12.5. The summed E-state index contributed by atoms with van der Waals surface area (Å²) in [6.07, 6.45) is 2.05. The second-order valence-corrected chi connectivity index (χ2v) is 7.10. The van der Waals surface area contributed by atoms with Crippen LogP contribution in [0.2, 0.25) is 0 Å². The highest BCUT2D eigenvalue weighted by molar-refractivity contribution is 7.86. The molecule has 0 aliphatic rings. The van der Waals surface area contributed by atoms with Gasteiger partial charge in [0, 0.05) is 5.25 Å². The third-order valence-electron chi connectivity index (χ3n) is 2.92. The van der Waals surface area contributed by atoms with Gasteiger partial charge in [0.25, 0.3) is 0 Å². The first-order valence-corrected chi connectivity index (χ1v) is 8.85. The van der Waals surface area contributed by atoms with Crippen molar-refractivity contribution in [2.24, 2.45) is 0 Å². The van der Waals surface area contributed by atoms with Crippen LogP contribution in [-0.2, 0) is 23.0 Å². The largest absolute Gasteiger partial charge is 0.522 e. The van der Waals surface area contributed by atoms with Gasteiger partial charge in [-0.25, -0.2) is 0 Å². The number of benzene rings is 2. The molecule has 2 aromatic rings. The Bertz CT molecular complexity index is 661. The Labute approximate surface area is 144 Å². The fourth-order valence-electron chi connectivity index (χ4n) is 1.84. The van der Waals surface area contributed by atoms with Gasteiger partial charge in [0.15, 0.2) is 0 Å². The van der Waals surface area contributed by atoms with Crippen molar-refractivity contribution in [2.75, 3.05) is 0 Å². The molecule has 0 aliphatic carbocycles. The fourth-order valence-corrected chi connectivity index (χ4v) is 2.27. The lowest BCUT2D eigenvalue weighted by Gasteiger charge is -2.10. The Morgan fingerprint density at radius 1 is 0.875 bits per heavy atom. The van der Waals surface area contributed by atoms with E-state index in [0.29, 0.717) is 5.25 Å². The summed E-state index contributed by atoms with van der Waals surface area (Å²) < 4.78 is 57.5. The molecule has 0 amide bonds. The molecule has 24 heavy (non-hydrogen) atoms. The number of rotatable bonds is 4. The second kappa shape index (κ2) is 9.10. The van der Waals surface area contributed by atoms with E-state index in [1.54, 1.807) is 0 Å². The van der Waals surface area contributed by atoms with Gasteiger partial charge in [-0.15, -0.1) is 0 Å². The molecule has 0 atom stereocenters. The van der Waals surface area contributed by atoms with Gasteiger partial charge in [-0.2, -0.15) is 34.2 Å². The predicted molar refractivity (Wildman–Crippen MR) is 90.7 cm³/mol. The summed E-state index contributed by atoms with van der Waals surface area (Å²) in [7, 11) is -5.84. The topological polar surface area (TPSA) is 54.4 Å². The Balaban J connectivity index is 0.000000307. The van der Waals surface area contributed by atoms with E-state index >= 15 is 0 Å². The molecule has 0 spiro atoms. The lowest BCUT2D eigenvalue weighted by Crippen LogP contribution is -2.21. The summed E-state index contributed by atoms with van der Waals surface area (Å²) >= 11 is 4.65. The van der Waals surface area contributed by atoms with Crippen molar-refractivity contribution < 1.29 is 26.1 Å². The summed E-state index contributed by atoms with van der Waals surface area (Å²) in [6, 6.07) is 21.1. The summed E-state index contributed by atoms with van der Waals surface area (Å²) in [6.45, 7) is 0. The first-order chi connectivity index (χ1) is 11.1. The van der Waals surface area contributed by atoms with Crippen LogP contribution in [0.5, 0.6) is 0 Å². The van der Waals surface area contributed by atoms with E-state index in [0.717, 1.165) is 12.8 Å². The highest BCUT2D eigenvalue weighted by Gasteiger charge is 2.44. The number of thiol groups is 1. The van der Waals surface area contributed by atoms with Crippen molar-refractivity contribution in [2.45, 2.75) is 23.6 Å². The number of hydrogen-bond acceptors (Lipinski definition) is 3. The van der Waals surface area contributed by atoms with Crippen molar-refractivity contribution in [3.8, 4) is 0 Å². The SMILES string of the molecule is O=S(=O)(O)C(F)(F)F.SC(Cc1ccccc1)Cc1ccccc1. The molecule has 0 radical (unpaired) electrons. The average molecular weight is 378 g/mol. The van der Waals surface area contributed by atoms with E-state index in [1.807, 2.05) is 12.1 Å². The van der Waals surface area contributed by atoms with Crippen LogP contribution in [0.15, 0.2) is 60.7 Å². The molecule has 0 saturated heterocycles. The van der Waals surface area contributed by atoms with Crippen molar-refractivity contribution in [1.29, 1.82) is 0 Å². The van der Waals surface area contributed by atoms with Gasteiger partial charge in [0.1, 0.15) is 0 Å². The zero-order valence-corrected chi connectivity index (χ0v) is 14.2. The van der Waals surface area contributed by atoms with Crippen LogP contribution < -0.4 is 0 Å². The van der Waals surface area contributed by atoms with Crippen LogP contribution in [-0.4, -0.2) is 23.7 Å². The minimum Gasteiger partial charge on any atom is -0.279 e. The minimum atomic E-state index is -5.84. The predicted octanol–water partition coefficient (Wildman–Crippen LogP) is 4.16. The van der Waals surface area contributed by atoms with Crippen LogP contribution in [0.3, 0.4) is 0 Å². The molecular weight excluding hydrogens is 361 g/mol. The molecule has 0 unspecified atom stereocenters. The molecule has 0 bridgehead atoms. The average Bonchev–Trinajstić information content (AvgIpc) is 2.47. The summed E-state index contributed by atoms with van der Waals surface area (Å²) in [5, 5.41) is 0.393. The molecule has 2 rings (SSSR count). The highest BCUT2D eigenvalue weighted by atomic mass is 32.2. The molecule has 1 N–H and O–H groups in total. The first kappa shape index (κ1) is 20.5. The highest BCUT2D eigenvalue weighted by Crippen LogP contribution is 2.20. The number of halogens is 3. The first-order valence-electron chi connectivity index (χ1n) is 6.89. The molecule has 0 aromatic heterocycles. The smallest absolute Gasteiger partial charge is 0.279 e. The number of alkyl halides is 3. The van der Waals surface area contributed by atoms with Gasteiger partial charge in [-0.3, -0.25) is 4.55 Å². The maximum absolute atomic E-state index is 10.7. The Hall–Kier alpha value is -1.51.